The second-order valence-electron chi connectivity index (χ2n) is 5.01. The van der Waals surface area contributed by atoms with Gasteiger partial charge in [-0.15, -0.1) is 23.2 Å². The van der Waals surface area contributed by atoms with E-state index >= 15 is 0 Å². The number of hydrogen-bond acceptors (Lipinski definition) is 2. The number of carbonyl (C=O) groups is 2. The zero-order valence-electron chi connectivity index (χ0n) is 10.6. The second-order valence-corrected chi connectivity index (χ2v) is 6.99. The Balaban J connectivity index is 2.27. The van der Waals surface area contributed by atoms with Crippen molar-refractivity contribution in [2.24, 2.45) is 11.7 Å². The number of primary amides is 1. The Morgan fingerprint density at radius 1 is 1.45 bits per heavy atom. The molecule has 0 aromatic heterocycles. The van der Waals surface area contributed by atoms with Gasteiger partial charge in [0, 0.05) is 5.02 Å². The minimum Gasteiger partial charge on any atom is -0.367 e. The number of halogens is 3. The van der Waals surface area contributed by atoms with Crippen molar-refractivity contribution in [1.29, 1.82) is 0 Å². The summed E-state index contributed by atoms with van der Waals surface area (Å²) in [7, 11) is 0. The highest BCUT2D eigenvalue weighted by molar-refractivity contribution is 6.52. The van der Waals surface area contributed by atoms with E-state index < -0.39 is 27.6 Å². The zero-order chi connectivity index (χ0) is 15.1. The van der Waals surface area contributed by atoms with Crippen molar-refractivity contribution < 1.29 is 9.59 Å². The molecule has 0 spiro atoms. The summed E-state index contributed by atoms with van der Waals surface area (Å²) in [5, 5.41) is 3.06. The topological polar surface area (TPSA) is 72.2 Å². The summed E-state index contributed by atoms with van der Waals surface area (Å²) in [6.07, 6.45) is 0.354. The van der Waals surface area contributed by atoms with Crippen LogP contribution in [0.25, 0.3) is 0 Å². The highest BCUT2D eigenvalue weighted by Crippen LogP contribution is 2.53. The maximum Gasteiger partial charge on any atom is 0.247 e. The highest BCUT2D eigenvalue weighted by Gasteiger charge is 2.57. The van der Waals surface area contributed by atoms with Crippen LogP contribution in [-0.2, 0) is 15.1 Å². The molecule has 0 aliphatic heterocycles. The van der Waals surface area contributed by atoms with E-state index in [1.807, 2.05) is 0 Å². The van der Waals surface area contributed by atoms with E-state index in [2.05, 4.69) is 5.32 Å². The predicted octanol–water partition coefficient (Wildman–Crippen LogP) is 2.35. The van der Waals surface area contributed by atoms with Gasteiger partial charge in [0.2, 0.25) is 11.8 Å². The largest absolute Gasteiger partial charge is 0.367 e. The number of rotatable bonds is 4. The maximum atomic E-state index is 12.1. The number of benzene rings is 1. The van der Waals surface area contributed by atoms with Gasteiger partial charge in [-0.05, 0) is 31.0 Å². The average Bonchev–Trinajstić information content (AvgIpc) is 2.98. The van der Waals surface area contributed by atoms with Gasteiger partial charge in [0.1, 0.15) is 9.87 Å². The van der Waals surface area contributed by atoms with Gasteiger partial charge in [0.05, 0.1) is 5.92 Å². The van der Waals surface area contributed by atoms with E-state index in [1.165, 1.54) is 6.92 Å². The monoisotopic (exact) mass is 334 g/mol. The molecule has 1 aromatic rings. The Bertz CT molecular complexity index is 576. The molecule has 1 fully saturated rings. The molecule has 1 aromatic carbocycles. The molecular weight excluding hydrogens is 323 g/mol. The molecule has 20 heavy (non-hydrogen) atoms. The first-order chi connectivity index (χ1) is 9.17. The Morgan fingerprint density at radius 2 is 2.05 bits per heavy atom. The van der Waals surface area contributed by atoms with Gasteiger partial charge >= 0.3 is 0 Å². The quantitative estimate of drug-likeness (QED) is 0.829. The molecular formula is C13H13Cl3N2O2. The summed E-state index contributed by atoms with van der Waals surface area (Å²) >= 11 is 17.6. The van der Waals surface area contributed by atoms with E-state index in [0.717, 1.165) is 0 Å². The molecule has 2 amide bonds. The smallest absolute Gasteiger partial charge is 0.247 e. The molecule has 0 bridgehead atoms. The highest BCUT2D eigenvalue weighted by atomic mass is 35.5. The molecule has 0 saturated heterocycles. The second kappa shape index (κ2) is 5.10. The molecule has 7 heteroatoms. The van der Waals surface area contributed by atoms with E-state index in [1.54, 1.807) is 24.3 Å². The molecule has 0 unspecified atom stereocenters. The first-order valence-corrected chi connectivity index (χ1v) is 7.06. The van der Waals surface area contributed by atoms with Gasteiger partial charge in [0.15, 0.2) is 0 Å². The van der Waals surface area contributed by atoms with Gasteiger partial charge in [0.25, 0.3) is 0 Å². The lowest BCUT2D eigenvalue weighted by Gasteiger charge is -2.28. The summed E-state index contributed by atoms with van der Waals surface area (Å²) in [6.45, 7) is 1.52. The van der Waals surface area contributed by atoms with Gasteiger partial charge in [-0.25, -0.2) is 0 Å². The molecule has 0 heterocycles. The number of amides is 2. The van der Waals surface area contributed by atoms with Crippen LogP contribution in [0.15, 0.2) is 24.3 Å². The molecule has 1 saturated carbocycles. The van der Waals surface area contributed by atoms with E-state index in [9.17, 15) is 9.59 Å². The van der Waals surface area contributed by atoms with Crippen LogP contribution in [-0.4, -0.2) is 16.1 Å². The van der Waals surface area contributed by atoms with Crippen molar-refractivity contribution in [3.05, 3.63) is 34.9 Å². The lowest BCUT2D eigenvalue weighted by atomic mass is 9.91. The minimum atomic E-state index is -1.37. The minimum absolute atomic E-state index is 0.354. The molecule has 3 N–H and O–H groups in total. The van der Waals surface area contributed by atoms with Gasteiger partial charge in [-0.2, -0.15) is 0 Å². The fourth-order valence-electron chi connectivity index (χ4n) is 1.91. The lowest BCUT2D eigenvalue weighted by Crippen LogP contribution is -2.53. The van der Waals surface area contributed by atoms with E-state index in [0.29, 0.717) is 17.0 Å². The van der Waals surface area contributed by atoms with Gasteiger partial charge in [-0.1, -0.05) is 23.7 Å². The first-order valence-electron chi connectivity index (χ1n) is 5.92. The molecule has 1 aliphatic rings. The number of hydrogen-bond donors (Lipinski definition) is 2. The third-order valence-corrected chi connectivity index (χ3v) is 4.48. The van der Waals surface area contributed by atoms with Crippen LogP contribution in [0.1, 0.15) is 18.9 Å². The van der Waals surface area contributed by atoms with Crippen LogP contribution in [0.5, 0.6) is 0 Å². The van der Waals surface area contributed by atoms with Crippen molar-refractivity contribution in [1.82, 2.24) is 5.32 Å². The van der Waals surface area contributed by atoms with Crippen LogP contribution >= 0.6 is 34.8 Å². The van der Waals surface area contributed by atoms with Crippen molar-refractivity contribution >= 4 is 46.6 Å². The third kappa shape index (κ3) is 2.87. The van der Waals surface area contributed by atoms with Crippen LogP contribution in [0.3, 0.4) is 0 Å². The fourth-order valence-corrected chi connectivity index (χ4v) is 2.60. The first kappa shape index (κ1) is 15.4. The summed E-state index contributed by atoms with van der Waals surface area (Å²) in [4.78, 5) is 23.8. The summed E-state index contributed by atoms with van der Waals surface area (Å²) in [6, 6.07) is 6.58. The Kier molecular flexibility index (Phi) is 3.93. The van der Waals surface area contributed by atoms with Crippen molar-refractivity contribution in [3.63, 3.8) is 0 Å². The van der Waals surface area contributed by atoms with Crippen LogP contribution < -0.4 is 11.1 Å². The number of nitrogens with two attached hydrogens (primary N) is 1. The third-order valence-electron chi connectivity index (χ3n) is 3.41. The normalized spacial score (nSPS) is 22.7. The lowest BCUT2D eigenvalue weighted by molar-refractivity contribution is -0.132. The number of carbonyl (C=O) groups excluding carboxylic acids is 2. The Labute approximate surface area is 131 Å². The average molecular weight is 336 g/mol. The maximum absolute atomic E-state index is 12.1. The van der Waals surface area contributed by atoms with Gasteiger partial charge in [-0.3, -0.25) is 9.59 Å². The van der Waals surface area contributed by atoms with Crippen LogP contribution in [0.2, 0.25) is 5.02 Å². The fraction of sp³-hybridized carbons (Fsp3) is 0.385. The zero-order valence-corrected chi connectivity index (χ0v) is 12.9. The Morgan fingerprint density at radius 3 is 2.50 bits per heavy atom. The predicted molar refractivity (Wildman–Crippen MR) is 78.7 cm³/mol. The van der Waals surface area contributed by atoms with Gasteiger partial charge < -0.3 is 11.1 Å². The number of alkyl halides is 2. The standard InChI is InChI=1S/C13H13Cl3N2O2/c1-12(11(17)20,7-3-2-4-8(14)5-7)18-10(19)9-6-13(9,15)16/h2-5,9H,6H2,1H3,(H2,17,20)(H,18,19)/t9-,12-/m1/s1. The van der Waals surface area contributed by atoms with Crippen LogP contribution in [0.4, 0.5) is 0 Å². The Hall–Kier alpha value is -0.970. The molecule has 108 valence electrons. The number of nitrogens with one attached hydrogen (secondary N) is 1. The van der Waals surface area contributed by atoms with Crippen molar-refractivity contribution in [2.75, 3.05) is 0 Å². The van der Waals surface area contributed by atoms with E-state index in [-0.39, 0.29) is 0 Å². The van der Waals surface area contributed by atoms with Crippen molar-refractivity contribution in [2.45, 2.75) is 23.2 Å². The SMILES string of the molecule is C[C@](NC(=O)[C@H]1CC1(Cl)Cl)(C(N)=O)c1cccc(Cl)c1. The summed E-state index contributed by atoms with van der Waals surface area (Å²) < 4.78 is -1.06. The van der Waals surface area contributed by atoms with Crippen LogP contribution in [0, 0.1) is 5.92 Å². The molecule has 1 aliphatic carbocycles. The molecule has 0 radical (unpaired) electrons. The van der Waals surface area contributed by atoms with Crippen molar-refractivity contribution in [3.8, 4) is 0 Å². The summed E-state index contributed by atoms with van der Waals surface area (Å²) in [5.74, 6) is -1.64. The summed E-state index contributed by atoms with van der Waals surface area (Å²) in [5.41, 5.74) is 4.56. The molecule has 4 nitrogen and oxygen atoms in total. The molecule has 2 atom stereocenters. The molecule has 2 rings (SSSR count). The van der Waals surface area contributed by atoms with E-state index in [4.69, 9.17) is 40.5 Å².